The highest BCUT2D eigenvalue weighted by atomic mass is 16.4. The Labute approximate surface area is 169 Å². The summed E-state index contributed by atoms with van der Waals surface area (Å²) in [4.78, 5) is 33.1. The molecule has 1 aromatic carbocycles. The molecule has 1 atom stereocenters. The zero-order valence-corrected chi connectivity index (χ0v) is 16.8. The second-order valence-corrected chi connectivity index (χ2v) is 7.12. The molecule has 3 rings (SSSR count). The molecule has 0 radical (unpaired) electrons. The summed E-state index contributed by atoms with van der Waals surface area (Å²) in [7, 11) is 0. The minimum atomic E-state index is -1.15. The van der Waals surface area contributed by atoms with Gasteiger partial charge < -0.3 is 10.4 Å². The Bertz CT molecular complexity index is 1030. The molecule has 152 valence electrons. The van der Waals surface area contributed by atoms with Crippen LogP contribution in [0.3, 0.4) is 0 Å². The van der Waals surface area contributed by atoms with Crippen molar-refractivity contribution in [1.29, 1.82) is 0 Å². The number of carboxylic acids is 1. The molecule has 0 aliphatic carbocycles. The Morgan fingerprint density at radius 1 is 1.21 bits per heavy atom. The van der Waals surface area contributed by atoms with Gasteiger partial charge in [-0.3, -0.25) is 9.59 Å². The predicted octanol–water partition coefficient (Wildman–Crippen LogP) is 2.22. The standard InChI is InChI=1S/C21H25N5O3/c1-4-21(19(28)29,16-8-6-5-7-9-16)12-22-18(27)11-10-17-14(2)25-20-23-13-24-26(20)15(17)3/h5-9,13H,4,10-12H2,1-3H3,(H,22,27)(H,28,29). The topological polar surface area (TPSA) is 109 Å². The first-order chi connectivity index (χ1) is 13.9. The lowest BCUT2D eigenvalue weighted by molar-refractivity contribution is -0.144. The molecule has 0 aliphatic heterocycles. The number of fused-ring (bicyclic) bond motifs is 1. The third-order valence-corrected chi connectivity index (χ3v) is 5.52. The third kappa shape index (κ3) is 3.96. The number of aryl methyl sites for hydroxylation is 2. The lowest BCUT2D eigenvalue weighted by Gasteiger charge is -2.29. The summed E-state index contributed by atoms with van der Waals surface area (Å²) >= 11 is 0. The zero-order valence-electron chi connectivity index (χ0n) is 16.8. The minimum Gasteiger partial charge on any atom is -0.481 e. The molecule has 29 heavy (non-hydrogen) atoms. The number of amides is 1. The number of hydrogen-bond acceptors (Lipinski definition) is 5. The number of carboxylic acid groups (broad SMARTS) is 1. The fourth-order valence-corrected chi connectivity index (χ4v) is 3.63. The van der Waals surface area contributed by atoms with Gasteiger partial charge in [0.15, 0.2) is 0 Å². The van der Waals surface area contributed by atoms with E-state index in [0.29, 0.717) is 24.2 Å². The van der Waals surface area contributed by atoms with Crippen molar-refractivity contribution in [2.24, 2.45) is 0 Å². The first-order valence-corrected chi connectivity index (χ1v) is 9.60. The maximum Gasteiger partial charge on any atom is 0.315 e. The summed E-state index contributed by atoms with van der Waals surface area (Å²) < 4.78 is 1.65. The van der Waals surface area contributed by atoms with Gasteiger partial charge in [-0.2, -0.15) is 10.1 Å². The van der Waals surface area contributed by atoms with E-state index in [-0.39, 0.29) is 18.9 Å². The number of aromatic nitrogens is 4. The lowest BCUT2D eigenvalue weighted by atomic mass is 9.78. The van der Waals surface area contributed by atoms with E-state index in [9.17, 15) is 14.7 Å². The predicted molar refractivity (Wildman–Crippen MR) is 108 cm³/mol. The van der Waals surface area contributed by atoms with E-state index in [0.717, 1.165) is 17.0 Å². The molecule has 0 bridgehead atoms. The summed E-state index contributed by atoms with van der Waals surface area (Å²) in [6.07, 6.45) is 2.55. The van der Waals surface area contributed by atoms with E-state index in [1.54, 1.807) is 16.6 Å². The molecular weight excluding hydrogens is 370 g/mol. The van der Waals surface area contributed by atoms with E-state index in [1.807, 2.05) is 39.0 Å². The quantitative estimate of drug-likeness (QED) is 0.605. The van der Waals surface area contributed by atoms with Gasteiger partial charge >= 0.3 is 5.97 Å². The Balaban J connectivity index is 1.70. The number of rotatable bonds is 8. The first-order valence-electron chi connectivity index (χ1n) is 9.60. The van der Waals surface area contributed by atoms with Gasteiger partial charge in [-0.25, -0.2) is 9.50 Å². The van der Waals surface area contributed by atoms with E-state index in [4.69, 9.17) is 0 Å². The summed E-state index contributed by atoms with van der Waals surface area (Å²) in [5.74, 6) is -0.609. The zero-order chi connectivity index (χ0) is 21.0. The van der Waals surface area contributed by atoms with Crippen LogP contribution in [0.1, 0.15) is 42.3 Å². The van der Waals surface area contributed by atoms with Crippen molar-refractivity contribution in [2.75, 3.05) is 6.54 Å². The van der Waals surface area contributed by atoms with E-state index in [1.165, 1.54) is 6.33 Å². The van der Waals surface area contributed by atoms with Crippen LogP contribution in [0.2, 0.25) is 0 Å². The van der Waals surface area contributed by atoms with Crippen molar-refractivity contribution in [1.82, 2.24) is 24.9 Å². The van der Waals surface area contributed by atoms with Crippen molar-refractivity contribution in [3.05, 3.63) is 59.2 Å². The van der Waals surface area contributed by atoms with Gasteiger partial charge in [0.1, 0.15) is 11.7 Å². The highest BCUT2D eigenvalue weighted by Crippen LogP contribution is 2.28. The fraction of sp³-hybridized carbons (Fsp3) is 0.381. The third-order valence-electron chi connectivity index (χ3n) is 5.52. The number of carbonyl (C=O) groups excluding carboxylic acids is 1. The minimum absolute atomic E-state index is 0.0417. The largest absolute Gasteiger partial charge is 0.481 e. The van der Waals surface area contributed by atoms with Crippen LogP contribution in [0, 0.1) is 13.8 Å². The van der Waals surface area contributed by atoms with Crippen LogP contribution in [0.15, 0.2) is 36.7 Å². The average molecular weight is 395 g/mol. The van der Waals surface area contributed by atoms with Gasteiger partial charge in [-0.05, 0) is 37.8 Å². The Morgan fingerprint density at radius 3 is 2.59 bits per heavy atom. The normalized spacial score (nSPS) is 13.2. The van der Waals surface area contributed by atoms with Gasteiger partial charge in [0.2, 0.25) is 5.91 Å². The maximum absolute atomic E-state index is 12.5. The van der Waals surface area contributed by atoms with Gasteiger partial charge in [-0.15, -0.1) is 0 Å². The maximum atomic E-state index is 12.5. The molecule has 2 N–H and O–H groups in total. The molecule has 0 fully saturated rings. The molecule has 0 saturated carbocycles. The van der Waals surface area contributed by atoms with Gasteiger partial charge in [-0.1, -0.05) is 37.3 Å². The average Bonchev–Trinajstić information content (AvgIpc) is 3.18. The molecule has 8 nitrogen and oxygen atoms in total. The van der Waals surface area contributed by atoms with Gasteiger partial charge in [0.05, 0.1) is 0 Å². The van der Waals surface area contributed by atoms with Crippen molar-refractivity contribution in [3.63, 3.8) is 0 Å². The molecule has 2 aromatic heterocycles. The van der Waals surface area contributed by atoms with Crippen molar-refractivity contribution in [3.8, 4) is 0 Å². The molecule has 3 aromatic rings. The summed E-state index contributed by atoms with van der Waals surface area (Å²) in [5, 5.41) is 16.9. The molecule has 1 amide bonds. The first kappa shape index (κ1) is 20.4. The van der Waals surface area contributed by atoms with Crippen LogP contribution in [-0.2, 0) is 21.4 Å². The van der Waals surface area contributed by atoms with E-state index < -0.39 is 11.4 Å². The van der Waals surface area contributed by atoms with Gasteiger partial charge in [0, 0.05) is 24.4 Å². The molecule has 1 unspecified atom stereocenters. The molecule has 0 spiro atoms. The molecule has 2 heterocycles. The number of nitrogens with zero attached hydrogens (tertiary/aromatic N) is 4. The van der Waals surface area contributed by atoms with Crippen molar-refractivity contribution >= 4 is 17.7 Å². The Hall–Kier alpha value is -3.29. The van der Waals surface area contributed by atoms with Gasteiger partial charge in [0.25, 0.3) is 5.78 Å². The SMILES string of the molecule is CCC(CNC(=O)CCc1c(C)nc2ncnn2c1C)(C(=O)O)c1ccccc1. The highest BCUT2D eigenvalue weighted by molar-refractivity contribution is 5.83. The lowest BCUT2D eigenvalue weighted by Crippen LogP contribution is -2.46. The van der Waals surface area contributed by atoms with Crippen molar-refractivity contribution < 1.29 is 14.7 Å². The van der Waals surface area contributed by atoms with Crippen LogP contribution in [-0.4, -0.2) is 43.1 Å². The van der Waals surface area contributed by atoms with Crippen molar-refractivity contribution in [2.45, 2.75) is 45.4 Å². The molecule has 0 aliphatic rings. The van der Waals surface area contributed by atoms with Crippen LogP contribution in [0.4, 0.5) is 0 Å². The fourth-order valence-electron chi connectivity index (χ4n) is 3.63. The summed E-state index contributed by atoms with van der Waals surface area (Å²) in [6, 6.07) is 9.03. The number of benzene rings is 1. The second-order valence-electron chi connectivity index (χ2n) is 7.12. The molecule has 0 saturated heterocycles. The Kier molecular flexibility index (Phi) is 5.91. The van der Waals surface area contributed by atoms with E-state index >= 15 is 0 Å². The summed E-state index contributed by atoms with van der Waals surface area (Å²) in [6.45, 7) is 5.67. The monoisotopic (exact) mass is 395 g/mol. The van der Waals surface area contributed by atoms with Crippen LogP contribution < -0.4 is 5.32 Å². The number of aliphatic carboxylic acids is 1. The number of hydrogen-bond donors (Lipinski definition) is 2. The molecule has 8 heteroatoms. The van der Waals surface area contributed by atoms with Crippen LogP contribution in [0.5, 0.6) is 0 Å². The van der Waals surface area contributed by atoms with Crippen LogP contribution in [0.25, 0.3) is 5.78 Å². The van der Waals surface area contributed by atoms with Crippen LogP contribution >= 0.6 is 0 Å². The Morgan fingerprint density at radius 2 is 1.93 bits per heavy atom. The summed E-state index contributed by atoms with van der Waals surface area (Å²) in [5.41, 5.74) is 2.19. The van der Waals surface area contributed by atoms with E-state index in [2.05, 4.69) is 20.4 Å². The smallest absolute Gasteiger partial charge is 0.315 e. The highest BCUT2D eigenvalue weighted by Gasteiger charge is 2.38. The molecular formula is C21H25N5O3. The second kappa shape index (κ2) is 8.38. The number of carbonyl (C=O) groups is 2. The number of nitrogens with one attached hydrogen (secondary N) is 1.